The molecular weight excluding hydrogens is 234 g/mol. The van der Waals surface area contributed by atoms with E-state index in [9.17, 15) is 9.90 Å². The van der Waals surface area contributed by atoms with Gasteiger partial charge in [-0.3, -0.25) is 4.79 Å². The van der Waals surface area contributed by atoms with Crippen molar-refractivity contribution in [2.45, 2.75) is 50.8 Å². The molecule has 1 aromatic heterocycles. The van der Waals surface area contributed by atoms with Crippen LogP contribution in [0.2, 0.25) is 0 Å². The Bertz CT molecular complexity index is 410. The van der Waals surface area contributed by atoms with Crippen molar-refractivity contribution in [3.8, 4) is 0 Å². The van der Waals surface area contributed by atoms with Crippen molar-refractivity contribution in [3.05, 3.63) is 17.8 Å². The van der Waals surface area contributed by atoms with E-state index in [-0.39, 0.29) is 23.5 Å². The summed E-state index contributed by atoms with van der Waals surface area (Å²) in [6, 6.07) is -0.471. The van der Waals surface area contributed by atoms with E-state index in [1.807, 2.05) is 0 Å². The molecule has 0 aliphatic heterocycles. The Balaban J connectivity index is 1.98. The summed E-state index contributed by atoms with van der Waals surface area (Å²) in [5.41, 5.74) is 5.89. The van der Waals surface area contributed by atoms with Crippen LogP contribution in [0.5, 0.6) is 0 Å². The lowest BCUT2D eigenvalue weighted by atomic mass is 10.2. The van der Waals surface area contributed by atoms with Crippen molar-refractivity contribution in [1.29, 1.82) is 0 Å². The molecule has 18 heavy (non-hydrogen) atoms. The summed E-state index contributed by atoms with van der Waals surface area (Å²) in [7, 11) is 0. The van der Waals surface area contributed by atoms with Gasteiger partial charge in [0, 0.05) is 6.04 Å². The third-order valence-corrected chi connectivity index (χ3v) is 3.25. The first-order valence-corrected chi connectivity index (χ1v) is 6.28. The van der Waals surface area contributed by atoms with Gasteiger partial charge in [-0.25, -0.2) is 4.98 Å². The van der Waals surface area contributed by atoms with Gasteiger partial charge >= 0.3 is 0 Å². The second-order valence-electron chi connectivity index (χ2n) is 4.79. The van der Waals surface area contributed by atoms with Crippen LogP contribution in [-0.4, -0.2) is 28.1 Å². The van der Waals surface area contributed by atoms with Crippen molar-refractivity contribution >= 4 is 5.91 Å². The zero-order chi connectivity index (χ0) is 13.1. The van der Waals surface area contributed by atoms with Crippen molar-refractivity contribution in [1.82, 2.24) is 10.3 Å². The summed E-state index contributed by atoms with van der Waals surface area (Å²) in [6.45, 7) is 1.55. The third kappa shape index (κ3) is 2.88. The van der Waals surface area contributed by atoms with Gasteiger partial charge in [0.25, 0.3) is 5.91 Å². The summed E-state index contributed by atoms with van der Waals surface area (Å²) in [5, 5.41) is 12.2. The van der Waals surface area contributed by atoms with Gasteiger partial charge in [0.05, 0.1) is 6.10 Å². The highest BCUT2D eigenvalue weighted by Crippen LogP contribution is 2.18. The molecule has 2 rings (SSSR count). The maximum absolute atomic E-state index is 11.9. The second kappa shape index (κ2) is 5.49. The molecule has 1 heterocycles. The van der Waals surface area contributed by atoms with Crippen molar-refractivity contribution in [2.24, 2.45) is 5.73 Å². The average molecular weight is 253 g/mol. The van der Waals surface area contributed by atoms with Crippen molar-refractivity contribution < 1.29 is 14.3 Å². The molecule has 0 spiro atoms. The minimum Gasteiger partial charge on any atom is -0.446 e. The Hall–Kier alpha value is -1.40. The fourth-order valence-electron chi connectivity index (χ4n) is 2.08. The first-order chi connectivity index (χ1) is 8.58. The van der Waals surface area contributed by atoms with E-state index in [0.717, 1.165) is 25.7 Å². The molecule has 1 aromatic rings. The van der Waals surface area contributed by atoms with Gasteiger partial charge in [-0.1, -0.05) is 12.8 Å². The summed E-state index contributed by atoms with van der Waals surface area (Å²) in [5.74, 6) is -0.0590. The molecule has 0 bridgehead atoms. The number of nitrogens with zero attached hydrogens (tertiary/aromatic N) is 1. The van der Waals surface area contributed by atoms with E-state index >= 15 is 0 Å². The number of nitrogens with two attached hydrogens (primary N) is 1. The van der Waals surface area contributed by atoms with Gasteiger partial charge in [-0.05, 0) is 19.8 Å². The van der Waals surface area contributed by atoms with Gasteiger partial charge in [-0.2, -0.15) is 0 Å². The van der Waals surface area contributed by atoms with Crippen LogP contribution in [0.4, 0.5) is 0 Å². The van der Waals surface area contributed by atoms with Crippen LogP contribution in [0.3, 0.4) is 0 Å². The predicted molar refractivity (Wildman–Crippen MR) is 64.8 cm³/mol. The third-order valence-electron chi connectivity index (χ3n) is 3.25. The standard InChI is InChI=1S/C12H19N3O3/c1-7(16)10(13)12-15-9(6-18-12)11(17)14-8-4-2-3-5-8/h6-8,10,16H,2-5,13H2,1H3,(H,14,17). The van der Waals surface area contributed by atoms with E-state index in [1.54, 1.807) is 6.92 Å². The monoisotopic (exact) mass is 253 g/mol. The number of carbonyl (C=O) groups is 1. The normalized spacial score (nSPS) is 19.7. The van der Waals surface area contributed by atoms with Gasteiger partial charge in [-0.15, -0.1) is 0 Å². The minimum absolute atomic E-state index is 0.182. The summed E-state index contributed by atoms with van der Waals surface area (Å²) >= 11 is 0. The fraction of sp³-hybridized carbons (Fsp3) is 0.667. The van der Waals surface area contributed by atoms with Crippen LogP contribution in [0.25, 0.3) is 0 Å². The Labute approximate surface area is 106 Å². The van der Waals surface area contributed by atoms with Crippen LogP contribution in [-0.2, 0) is 0 Å². The molecule has 1 aliphatic rings. The highest BCUT2D eigenvalue weighted by atomic mass is 16.3. The molecule has 1 amide bonds. The average Bonchev–Trinajstić information content (AvgIpc) is 2.97. The molecule has 0 aromatic carbocycles. The van der Waals surface area contributed by atoms with E-state index in [4.69, 9.17) is 10.2 Å². The van der Waals surface area contributed by atoms with Crippen LogP contribution in [0, 0.1) is 0 Å². The van der Waals surface area contributed by atoms with Crippen LogP contribution < -0.4 is 11.1 Å². The minimum atomic E-state index is -0.769. The molecule has 1 saturated carbocycles. The highest BCUT2D eigenvalue weighted by molar-refractivity contribution is 5.92. The number of hydrogen-bond donors (Lipinski definition) is 3. The fourth-order valence-corrected chi connectivity index (χ4v) is 2.08. The summed E-state index contributed by atoms with van der Waals surface area (Å²) in [6.07, 6.45) is 4.85. The number of carbonyl (C=O) groups excluding carboxylic acids is 1. The number of aliphatic hydroxyl groups excluding tert-OH is 1. The zero-order valence-electron chi connectivity index (χ0n) is 10.4. The lowest BCUT2D eigenvalue weighted by Gasteiger charge is -2.10. The van der Waals surface area contributed by atoms with Gasteiger partial charge in [0.15, 0.2) is 5.69 Å². The number of aromatic nitrogens is 1. The first-order valence-electron chi connectivity index (χ1n) is 6.28. The van der Waals surface area contributed by atoms with Crippen LogP contribution >= 0.6 is 0 Å². The van der Waals surface area contributed by atoms with E-state index in [0.29, 0.717) is 0 Å². The highest BCUT2D eigenvalue weighted by Gasteiger charge is 2.23. The first kappa shape index (κ1) is 13.0. The van der Waals surface area contributed by atoms with Gasteiger partial charge < -0.3 is 20.6 Å². The Morgan fingerprint density at radius 3 is 2.89 bits per heavy atom. The van der Waals surface area contributed by atoms with Gasteiger partial charge in [0.1, 0.15) is 12.3 Å². The molecule has 6 heteroatoms. The number of oxazole rings is 1. The van der Waals surface area contributed by atoms with Gasteiger partial charge in [0.2, 0.25) is 5.89 Å². The Morgan fingerprint density at radius 2 is 2.28 bits per heavy atom. The second-order valence-corrected chi connectivity index (χ2v) is 4.79. The van der Waals surface area contributed by atoms with Crippen molar-refractivity contribution in [2.75, 3.05) is 0 Å². The summed E-state index contributed by atoms with van der Waals surface area (Å²) < 4.78 is 5.12. The molecule has 4 N–H and O–H groups in total. The largest absolute Gasteiger partial charge is 0.446 e. The Kier molecular flexibility index (Phi) is 3.98. The smallest absolute Gasteiger partial charge is 0.273 e. The van der Waals surface area contributed by atoms with E-state index < -0.39 is 12.1 Å². The Morgan fingerprint density at radius 1 is 1.61 bits per heavy atom. The van der Waals surface area contributed by atoms with Crippen LogP contribution in [0.15, 0.2) is 10.7 Å². The molecule has 100 valence electrons. The number of aliphatic hydroxyl groups is 1. The molecule has 2 atom stereocenters. The predicted octanol–water partition coefficient (Wildman–Crippen LogP) is 0.728. The van der Waals surface area contributed by atoms with Crippen molar-refractivity contribution in [3.63, 3.8) is 0 Å². The molecule has 2 unspecified atom stereocenters. The maximum atomic E-state index is 11.9. The molecule has 1 fully saturated rings. The topological polar surface area (TPSA) is 101 Å². The van der Waals surface area contributed by atoms with Crippen LogP contribution in [0.1, 0.15) is 55.0 Å². The lowest BCUT2D eigenvalue weighted by molar-refractivity contribution is 0.0932. The zero-order valence-corrected chi connectivity index (χ0v) is 10.4. The molecular formula is C12H19N3O3. The lowest BCUT2D eigenvalue weighted by Crippen LogP contribution is -2.33. The summed E-state index contributed by atoms with van der Waals surface area (Å²) in [4.78, 5) is 15.9. The molecule has 0 saturated heterocycles. The number of rotatable bonds is 4. The van der Waals surface area contributed by atoms with E-state index in [2.05, 4.69) is 10.3 Å². The molecule has 6 nitrogen and oxygen atoms in total. The number of hydrogen-bond acceptors (Lipinski definition) is 5. The molecule has 0 radical (unpaired) electrons. The van der Waals surface area contributed by atoms with E-state index in [1.165, 1.54) is 6.26 Å². The quantitative estimate of drug-likeness (QED) is 0.734. The number of nitrogens with one attached hydrogen (secondary N) is 1. The maximum Gasteiger partial charge on any atom is 0.273 e. The number of amides is 1. The molecule has 1 aliphatic carbocycles. The SMILES string of the molecule is CC(O)C(N)c1nc(C(=O)NC2CCCC2)co1.